The first-order valence-electron chi connectivity index (χ1n) is 9.96. The standard InChI is InChI=1S/C21H36N4O3/c1-6-22-19(24-14-9-15-25-20(26)28-21(2,3)4)23-13-8-11-17-10-7-12-18(16-17)27-5/h7,10,12,16H,6,8-9,11,13-15H2,1-5H3,(H,25,26)(H2,22,23,24). The zero-order valence-electron chi connectivity index (χ0n) is 17.9. The maximum Gasteiger partial charge on any atom is 0.407 e. The molecule has 158 valence electrons. The second-order valence-corrected chi connectivity index (χ2v) is 7.42. The molecule has 1 amide bonds. The lowest BCUT2D eigenvalue weighted by Gasteiger charge is -2.19. The summed E-state index contributed by atoms with van der Waals surface area (Å²) in [6.07, 6.45) is 2.33. The molecule has 0 heterocycles. The number of nitrogens with one attached hydrogen (secondary N) is 3. The normalized spacial score (nSPS) is 11.7. The Morgan fingerprint density at radius 2 is 1.86 bits per heavy atom. The molecule has 0 aliphatic carbocycles. The molecule has 0 aliphatic rings. The van der Waals surface area contributed by atoms with Crippen LogP contribution in [0.3, 0.4) is 0 Å². The molecule has 0 bridgehead atoms. The zero-order valence-corrected chi connectivity index (χ0v) is 17.9. The highest BCUT2D eigenvalue weighted by atomic mass is 16.6. The topological polar surface area (TPSA) is 84.0 Å². The lowest BCUT2D eigenvalue weighted by molar-refractivity contribution is 0.0527. The summed E-state index contributed by atoms with van der Waals surface area (Å²) >= 11 is 0. The molecule has 0 radical (unpaired) electrons. The Labute approximate surface area is 169 Å². The molecule has 3 N–H and O–H groups in total. The minimum absolute atomic E-state index is 0.390. The van der Waals surface area contributed by atoms with Gasteiger partial charge in [-0.25, -0.2) is 4.79 Å². The summed E-state index contributed by atoms with van der Waals surface area (Å²) in [7, 11) is 1.68. The SMILES string of the molecule is CCNC(=NCCCNC(=O)OC(C)(C)C)NCCCc1cccc(OC)c1. The van der Waals surface area contributed by atoms with Crippen molar-refractivity contribution < 1.29 is 14.3 Å². The van der Waals surface area contributed by atoms with E-state index < -0.39 is 5.60 Å². The summed E-state index contributed by atoms with van der Waals surface area (Å²) in [6, 6.07) is 8.14. The van der Waals surface area contributed by atoms with Gasteiger partial charge in [-0.1, -0.05) is 12.1 Å². The molecule has 1 aromatic rings. The number of rotatable bonds is 10. The van der Waals surface area contributed by atoms with Crippen LogP contribution in [0, 0.1) is 0 Å². The van der Waals surface area contributed by atoms with Crippen molar-refractivity contribution in [3.63, 3.8) is 0 Å². The lowest BCUT2D eigenvalue weighted by atomic mass is 10.1. The number of methoxy groups -OCH3 is 1. The third-order valence-corrected chi connectivity index (χ3v) is 3.69. The largest absolute Gasteiger partial charge is 0.497 e. The Kier molecular flexibility index (Phi) is 10.8. The number of hydrogen-bond donors (Lipinski definition) is 3. The minimum Gasteiger partial charge on any atom is -0.497 e. The third-order valence-electron chi connectivity index (χ3n) is 3.69. The van der Waals surface area contributed by atoms with Crippen LogP contribution in [0.2, 0.25) is 0 Å². The number of ether oxygens (including phenoxy) is 2. The van der Waals surface area contributed by atoms with Gasteiger partial charge in [0.25, 0.3) is 0 Å². The van der Waals surface area contributed by atoms with Crippen LogP contribution in [-0.2, 0) is 11.2 Å². The number of guanidine groups is 1. The Balaban J connectivity index is 2.26. The molecular formula is C21H36N4O3. The van der Waals surface area contributed by atoms with Gasteiger partial charge in [0.1, 0.15) is 11.4 Å². The third kappa shape index (κ3) is 11.3. The molecule has 0 aliphatic heterocycles. The van der Waals surface area contributed by atoms with E-state index in [9.17, 15) is 4.79 Å². The maximum absolute atomic E-state index is 11.6. The fourth-order valence-electron chi connectivity index (χ4n) is 2.44. The highest BCUT2D eigenvalue weighted by Crippen LogP contribution is 2.13. The summed E-state index contributed by atoms with van der Waals surface area (Å²) in [5.41, 5.74) is 0.784. The van der Waals surface area contributed by atoms with Crippen molar-refractivity contribution in [1.29, 1.82) is 0 Å². The fourth-order valence-corrected chi connectivity index (χ4v) is 2.44. The highest BCUT2D eigenvalue weighted by Gasteiger charge is 2.15. The summed E-state index contributed by atoms with van der Waals surface area (Å²) in [5, 5.41) is 9.33. The van der Waals surface area contributed by atoms with Crippen molar-refractivity contribution in [2.24, 2.45) is 4.99 Å². The molecule has 1 rings (SSSR count). The van der Waals surface area contributed by atoms with Gasteiger partial charge in [-0.3, -0.25) is 4.99 Å². The summed E-state index contributed by atoms with van der Waals surface area (Å²) in [5.74, 6) is 1.69. The number of amides is 1. The van der Waals surface area contributed by atoms with Crippen LogP contribution in [0.4, 0.5) is 4.79 Å². The van der Waals surface area contributed by atoms with E-state index in [2.05, 4.69) is 33.1 Å². The van der Waals surface area contributed by atoms with E-state index in [4.69, 9.17) is 9.47 Å². The van der Waals surface area contributed by atoms with E-state index >= 15 is 0 Å². The molecule has 0 saturated carbocycles. The van der Waals surface area contributed by atoms with Crippen molar-refractivity contribution in [2.75, 3.05) is 33.3 Å². The van der Waals surface area contributed by atoms with Crippen LogP contribution in [0.1, 0.15) is 46.1 Å². The molecule has 1 aromatic carbocycles. The van der Waals surface area contributed by atoms with E-state index in [1.165, 1.54) is 5.56 Å². The van der Waals surface area contributed by atoms with E-state index in [0.29, 0.717) is 13.1 Å². The number of benzene rings is 1. The van der Waals surface area contributed by atoms with Gasteiger partial charge in [-0.05, 0) is 64.7 Å². The van der Waals surface area contributed by atoms with E-state index in [-0.39, 0.29) is 6.09 Å². The zero-order chi connectivity index (χ0) is 20.8. The lowest BCUT2D eigenvalue weighted by Crippen LogP contribution is -2.38. The first-order valence-corrected chi connectivity index (χ1v) is 9.96. The van der Waals surface area contributed by atoms with Crippen LogP contribution < -0.4 is 20.7 Å². The molecule has 7 nitrogen and oxygen atoms in total. The smallest absolute Gasteiger partial charge is 0.407 e. The van der Waals surface area contributed by atoms with Crippen LogP contribution in [0.5, 0.6) is 5.75 Å². The highest BCUT2D eigenvalue weighted by molar-refractivity contribution is 5.79. The number of alkyl carbamates (subject to hydrolysis) is 1. The number of aliphatic imine (C=N–C) groups is 1. The number of hydrogen-bond acceptors (Lipinski definition) is 4. The van der Waals surface area contributed by atoms with Gasteiger partial charge >= 0.3 is 6.09 Å². The number of carbonyl (C=O) groups is 1. The molecular weight excluding hydrogens is 356 g/mol. The fraction of sp³-hybridized carbons (Fsp3) is 0.619. The van der Waals surface area contributed by atoms with Gasteiger partial charge in [0.15, 0.2) is 5.96 Å². The van der Waals surface area contributed by atoms with Crippen LogP contribution in [0.25, 0.3) is 0 Å². The first-order chi connectivity index (χ1) is 13.3. The molecule has 0 atom stereocenters. The number of carbonyl (C=O) groups excluding carboxylic acids is 1. The van der Waals surface area contributed by atoms with E-state index in [1.54, 1.807) is 7.11 Å². The van der Waals surface area contributed by atoms with Crippen molar-refractivity contribution >= 4 is 12.1 Å². The molecule has 28 heavy (non-hydrogen) atoms. The molecule has 0 saturated heterocycles. The minimum atomic E-state index is -0.477. The molecule has 0 fully saturated rings. The quantitative estimate of drug-likeness (QED) is 0.324. The van der Waals surface area contributed by atoms with Crippen LogP contribution in [-0.4, -0.2) is 50.9 Å². The van der Waals surface area contributed by atoms with Crippen LogP contribution >= 0.6 is 0 Å². The van der Waals surface area contributed by atoms with Gasteiger partial charge in [0, 0.05) is 26.2 Å². The Bertz CT molecular complexity index is 612. The number of nitrogens with zero attached hydrogens (tertiary/aromatic N) is 1. The summed E-state index contributed by atoms with van der Waals surface area (Å²) in [6.45, 7) is 10.4. The van der Waals surface area contributed by atoms with Gasteiger partial charge in [0.2, 0.25) is 0 Å². The van der Waals surface area contributed by atoms with Gasteiger partial charge in [-0.15, -0.1) is 0 Å². The van der Waals surface area contributed by atoms with E-state index in [0.717, 1.165) is 44.1 Å². The molecule has 0 unspecified atom stereocenters. The Hall–Kier alpha value is -2.44. The second-order valence-electron chi connectivity index (χ2n) is 7.42. The van der Waals surface area contributed by atoms with Crippen molar-refractivity contribution in [2.45, 2.75) is 52.6 Å². The molecule has 0 spiro atoms. The Morgan fingerprint density at radius 1 is 1.11 bits per heavy atom. The van der Waals surface area contributed by atoms with Crippen molar-refractivity contribution in [1.82, 2.24) is 16.0 Å². The monoisotopic (exact) mass is 392 g/mol. The predicted octanol–water partition coefficient (Wildman–Crippen LogP) is 3.10. The first kappa shape index (κ1) is 23.6. The van der Waals surface area contributed by atoms with Gasteiger partial charge < -0.3 is 25.4 Å². The molecule has 7 heteroatoms. The molecule has 0 aromatic heterocycles. The summed E-state index contributed by atoms with van der Waals surface area (Å²) < 4.78 is 10.5. The average molecular weight is 393 g/mol. The summed E-state index contributed by atoms with van der Waals surface area (Å²) in [4.78, 5) is 16.1. The van der Waals surface area contributed by atoms with Crippen molar-refractivity contribution in [3.05, 3.63) is 29.8 Å². The van der Waals surface area contributed by atoms with Crippen LogP contribution in [0.15, 0.2) is 29.3 Å². The van der Waals surface area contributed by atoms with Gasteiger partial charge in [-0.2, -0.15) is 0 Å². The maximum atomic E-state index is 11.6. The van der Waals surface area contributed by atoms with Crippen molar-refractivity contribution in [3.8, 4) is 5.75 Å². The Morgan fingerprint density at radius 3 is 2.54 bits per heavy atom. The van der Waals surface area contributed by atoms with Gasteiger partial charge in [0.05, 0.1) is 7.11 Å². The number of aryl methyl sites for hydroxylation is 1. The second kappa shape index (κ2) is 12.9. The van der Waals surface area contributed by atoms with E-state index in [1.807, 2.05) is 39.8 Å². The average Bonchev–Trinajstić information content (AvgIpc) is 2.63. The predicted molar refractivity (Wildman–Crippen MR) is 114 cm³/mol.